The summed E-state index contributed by atoms with van der Waals surface area (Å²) in [7, 11) is 1.72. The fourth-order valence-electron chi connectivity index (χ4n) is 2.43. The van der Waals surface area contributed by atoms with Crippen LogP contribution in [-0.4, -0.2) is 37.0 Å². The van der Waals surface area contributed by atoms with Crippen molar-refractivity contribution in [2.75, 3.05) is 20.3 Å². The van der Waals surface area contributed by atoms with Crippen molar-refractivity contribution in [2.24, 2.45) is 5.41 Å². The standard InChI is InChI=1S/C14H29NO2/c1-5-12(10-17-4)15-11-14(16)8-6-13(2,3)7-9-14/h12,15-16H,5-11H2,1-4H3. The molecule has 3 nitrogen and oxygen atoms in total. The van der Waals surface area contributed by atoms with Crippen molar-refractivity contribution in [1.29, 1.82) is 0 Å². The molecule has 1 unspecified atom stereocenters. The van der Waals surface area contributed by atoms with E-state index in [2.05, 4.69) is 26.1 Å². The van der Waals surface area contributed by atoms with E-state index in [9.17, 15) is 5.11 Å². The Morgan fingerprint density at radius 2 is 1.82 bits per heavy atom. The Morgan fingerprint density at radius 3 is 2.29 bits per heavy atom. The summed E-state index contributed by atoms with van der Waals surface area (Å²) in [6.07, 6.45) is 5.10. The van der Waals surface area contributed by atoms with Crippen molar-refractivity contribution in [3.8, 4) is 0 Å². The van der Waals surface area contributed by atoms with Gasteiger partial charge in [-0.25, -0.2) is 0 Å². The van der Waals surface area contributed by atoms with Crippen LogP contribution in [0, 0.1) is 5.41 Å². The topological polar surface area (TPSA) is 41.5 Å². The maximum Gasteiger partial charge on any atom is 0.0772 e. The van der Waals surface area contributed by atoms with Gasteiger partial charge in [0.2, 0.25) is 0 Å². The van der Waals surface area contributed by atoms with Crippen molar-refractivity contribution in [2.45, 2.75) is 64.5 Å². The van der Waals surface area contributed by atoms with Gasteiger partial charge in [0.15, 0.2) is 0 Å². The molecule has 0 saturated heterocycles. The summed E-state index contributed by atoms with van der Waals surface area (Å²) in [4.78, 5) is 0. The number of nitrogens with one attached hydrogen (secondary N) is 1. The van der Waals surface area contributed by atoms with E-state index >= 15 is 0 Å². The molecule has 1 aliphatic rings. The van der Waals surface area contributed by atoms with E-state index in [0.29, 0.717) is 18.0 Å². The molecule has 0 aromatic heterocycles. The molecule has 0 aromatic carbocycles. The number of aliphatic hydroxyl groups is 1. The third kappa shape index (κ3) is 4.94. The highest BCUT2D eigenvalue weighted by Gasteiger charge is 2.36. The highest BCUT2D eigenvalue weighted by Crippen LogP contribution is 2.39. The molecule has 1 rings (SSSR count). The van der Waals surface area contributed by atoms with Crippen LogP contribution in [0.25, 0.3) is 0 Å². The molecule has 1 fully saturated rings. The minimum absolute atomic E-state index is 0.360. The van der Waals surface area contributed by atoms with E-state index in [1.807, 2.05) is 0 Å². The van der Waals surface area contributed by atoms with Crippen LogP contribution in [0.3, 0.4) is 0 Å². The summed E-state index contributed by atoms with van der Waals surface area (Å²) in [5.41, 5.74) is -0.0976. The van der Waals surface area contributed by atoms with Gasteiger partial charge in [0.1, 0.15) is 0 Å². The number of rotatable bonds is 6. The summed E-state index contributed by atoms with van der Waals surface area (Å²) in [5.74, 6) is 0. The van der Waals surface area contributed by atoms with Gasteiger partial charge in [-0.2, -0.15) is 0 Å². The van der Waals surface area contributed by atoms with Crippen molar-refractivity contribution >= 4 is 0 Å². The summed E-state index contributed by atoms with van der Waals surface area (Å²) in [6, 6.07) is 0.360. The number of hydrogen-bond donors (Lipinski definition) is 2. The molecule has 1 atom stereocenters. The molecule has 0 aliphatic heterocycles. The normalized spacial score (nSPS) is 24.5. The summed E-state index contributed by atoms with van der Waals surface area (Å²) >= 11 is 0. The summed E-state index contributed by atoms with van der Waals surface area (Å²) in [6.45, 7) is 8.15. The van der Waals surface area contributed by atoms with Crippen LogP contribution in [0.1, 0.15) is 52.9 Å². The van der Waals surface area contributed by atoms with Gasteiger partial charge in [-0.05, 0) is 37.5 Å². The average molecular weight is 243 g/mol. The van der Waals surface area contributed by atoms with Gasteiger partial charge in [-0.15, -0.1) is 0 Å². The first-order valence-electron chi connectivity index (χ1n) is 6.85. The molecule has 17 heavy (non-hydrogen) atoms. The Labute approximate surface area is 106 Å². The SMILES string of the molecule is CCC(COC)NCC1(O)CCC(C)(C)CC1. The van der Waals surface area contributed by atoms with Gasteiger partial charge < -0.3 is 15.2 Å². The zero-order valence-corrected chi connectivity index (χ0v) is 11.9. The van der Waals surface area contributed by atoms with E-state index < -0.39 is 5.60 Å². The quantitative estimate of drug-likeness (QED) is 0.752. The Morgan fingerprint density at radius 1 is 1.24 bits per heavy atom. The smallest absolute Gasteiger partial charge is 0.0772 e. The minimum Gasteiger partial charge on any atom is -0.389 e. The Kier molecular flexibility index (Phi) is 5.42. The zero-order chi connectivity index (χ0) is 12.9. The average Bonchev–Trinajstić information content (AvgIpc) is 2.29. The molecule has 0 amide bonds. The molecule has 0 radical (unpaired) electrons. The zero-order valence-electron chi connectivity index (χ0n) is 11.9. The van der Waals surface area contributed by atoms with Crippen molar-refractivity contribution in [3.63, 3.8) is 0 Å². The highest BCUT2D eigenvalue weighted by atomic mass is 16.5. The lowest BCUT2D eigenvalue weighted by Crippen LogP contribution is -2.48. The van der Waals surface area contributed by atoms with Crippen LogP contribution in [0.2, 0.25) is 0 Å². The molecular weight excluding hydrogens is 214 g/mol. The maximum absolute atomic E-state index is 10.5. The van der Waals surface area contributed by atoms with Crippen molar-refractivity contribution < 1.29 is 9.84 Å². The third-order valence-electron chi connectivity index (χ3n) is 4.11. The fourth-order valence-corrected chi connectivity index (χ4v) is 2.43. The molecule has 3 heteroatoms. The van der Waals surface area contributed by atoms with Crippen LogP contribution < -0.4 is 5.32 Å². The highest BCUT2D eigenvalue weighted by molar-refractivity contribution is 4.91. The summed E-state index contributed by atoms with van der Waals surface area (Å²) in [5, 5.41) is 13.9. The van der Waals surface area contributed by atoms with Crippen LogP contribution >= 0.6 is 0 Å². The molecule has 1 saturated carbocycles. The second-order valence-corrected chi connectivity index (χ2v) is 6.33. The van der Waals surface area contributed by atoms with Gasteiger partial charge in [0.05, 0.1) is 12.2 Å². The van der Waals surface area contributed by atoms with Gasteiger partial charge in [0, 0.05) is 19.7 Å². The Balaban J connectivity index is 2.35. The Bertz CT molecular complexity index is 218. The molecule has 102 valence electrons. The minimum atomic E-state index is -0.503. The molecule has 0 heterocycles. The lowest BCUT2D eigenvalue weighted by atomic mass is 9.71. The van der Waals surface area contributed by atoms with Gasteiger partial charge in [-0.3, -0.25) is 0 Å². The van der Waals surface area contributed by atoms with Gasteiger partial charge in [-0.1, -0.05) is 20.8 Å². The first kappa shape index (κ1) is 14.9. The Hall–Kier alpha value is -0.120. The maximum atomic E-state index is 10.5. The molecule has 0 spiro atoms. The molecule has 0 bridgehead atoms. The number of hydrogen-bond acceptors (Lipinski definition) is 3. The molecule has 2 N–H and O–H groups in total. The van der Waals surface area contributed by atoms with E-state index in [0.717, 1.165) is 38.7 Å². The van der Waals surface area contributed by atoms with Gasteiger partial charge in [0.25, 0.3) is 0 Å². The fraction of sp³-hybridized carbons (Fsp3) is 1.00. The van der Waals surface area contributed by atoms with E-state index in [4.69, 9.17) is 4.74 Å². The van der Waals surface area contributed by atoms with Crippen LogP contribution in [0.4, 0.5) is 0 Å². The first-order chi connectivity index (χ1) is 7.91. The second kappa shape index (κ2) is 6.17. The molecule has 0 aromatic rings. The van der Waals surface area contributed by atoms with E-state index in [1.54, 1.807) is 7.11 Å². The van der Waals surface area contributed by atoms with Crippen LogP contribution in [0.15, 0.2) is 0 Å². The number of ether oxygens (including phenoxy) is 1. The van der Waals surface area contributed by atoms with Crippen LogP contribution in [-0.2, 0) is 4.74 Å². The second-order valence-electron chi connectivity index (χ2n) is 6.33. The number of methoxy groups -OCH3 is 1. The lowest BCUT2D eigenvalue weighted by molar-refractivity contribution is -0.0277. The van der Waals surface area contributed by atoms with E-state index in [1.165, 1.54) is 0 Å². The third-order valence-corrected chi connectivity index (χ3v) is 4.11. The lowest BCUT2D eigenvalue weighted by Gasteiger charge is -2.41. The molecule has 1 aliphatic carbocycles. The monoisotopic (exact) mass is 243 g/mol. The van der Waals surface area contributed by atoms with Crippen LogP contribution in [0.5, 0.6) is 0 Å². The van der Waals surface area contributed by atoms with E-state index in [-0.39, 0.29) is 0 Å². The van der Waals surface area contributed by atoms with Gasteiger partial charge >= 0.3 is 0 Å². The summed E-state index contributed by atoms with van der Waals surface area (Å²) < 4.78 is 5.16. The predicted octanol–water partition coefficient (Wildman–Crippen LogP) is 2.33. The predicted molar refractivity (Wildman–Crippen MR) is 71.2 cm³/mol. The van der Waals surface area contributed by atoms with Crippen molar-refractivity contribution in [3.05, 3.63) is 0 Å². The first-order valence-corrected chi connectivity index (χ1v) is 6.85. The largest absolute Gasteiger partial charge is 0.389 e. The molecular formula is C14H29NO2. The van der Waals surface area contributed by atoms with Crippen molar-refractivity contribution in [1.82, 2.24) is 5.32 Å².